The summed E-state index contributed by atoms with van der Waals surface area (Å²) in [5.74, 6) is 0.0197. The van der Waals surface area contributed by atoms with Crippen molar-refractivity contribution in [2.24, 2.45) is 5.41 Å². The third-order valence-electron chi connectivity index (χ3n) is 4.06. The van der Waals surface area contributed by atoms with E-state index in [0.717, 1.165) is 38.3 Å². The minimum absolute atomic E-state index is 0.0197. The third-order valence-corrected chi connectivity index (χ3v) is 4.06. The normalized spacial score (nSPS) is 27.1. The lowest BCUT2D eigenvalue weighted by atomic mass is 9.87. The minimum Gasteiger partial charge on any atom is -0.337 e. The summed E-state index contributed by atoms with van der Waals surface area (Å²) >= 11 is 0. The number of hydrogen-bond acceptors (Lipinski definition) is 4. The van der Waals surface area contributed by atoms with Gasteiger partial charge in [-0.3, -0.25) is 9.78 Å². The molecule has 2 aliphatic rings. The van der Waals surface area contributed by atoms with Crippen LogP contribution in [0.25, 0.3) is 0 Å². The molecule has 1 atom stereocenters. The summed E-state index contributed by atoms with van der Waals surface area (Å²) in [6.07, 6.45) is 5.51. The predicted octanol–water partition coefficient (Wildman–Crippen LogP) is 0.611. The Morgan fingerprint density at radius 2 is 2.28 bits per heavy atom. The van der Waals surface area contributed by atoms with Crippen LogP contribution >= 0.6 is 0 Å². The van der Waals surface area contributed by atoms with Gasteiger partial charge in [0.2, 0.25) is 0 Å². The second-order valence-corrected chi connectivity index (χ2v) is 5.45. The molecule has 1 spiro atoms. The summed E-state index contributed by atoms with van der Waals surface area (Å²) in [6, 6.07) is 0. The van der Waals surface area contributed by atoms with E-state index >= 15 is 0 Å². The van der Waals surface area contributed by atoms with E-state index in [1.54, 1.807) is 12.4 Å². The van der Waals surface area contributed by atoms with Gasteiger partial charge in [0.05, 0.1) is 11.9 Å². The highest BCUT2D eigenvalue weighted by atomic mass is 16.2. The van der Waals surface area contributed by atoms with Gasteiger partial charge in [-0.2, -0.15) is 0 Å². The zero-order chi connectivity index (χ0) is 12.6. The Morgan fingerprint density at radius 1 is 1.39 bits per heavy atom. The van der Waals surface area contributed by atoms with Crippen LogP contribution in [0.1, 0.15) is 29.0 Å². The van der Waals surface area contributed by atoms with Crippen molar-refractivity contribution in [3.8, 4) is 0 Å². The van der Waals surface area contributed by atoms with Gasteiger partial charge in [0.25, 0.3) is 5.91 Å². The molecule has 1 aromatic rings. The van der Waals surface area contributed by atoms with Crippen molar-refractivity contribution < 1.29 is 4.79 Å². The van der Waals surface area contributed by atoms with Gasteiger partial charge in [-0.05, 0) is 26.3 Å². The summed E-state index contributed by atoms with van der Waals surface area (Å²) in [7, 11) is 0. The maximum Gasteiger partial charge on any atom is 0.274 e. The Bertz CT molecular complexity index is 451. The van der Waals surface area contributed by atoms with Crippen LogP contribution < -0.4 is 5.32 Å². The zero-order valence-electron chi connectivity index (χ0n) is 10.6. The molecule has 1 amide bonds. The van der Waals surface area contributed by atoms with Crippen molar-refractivity contribution >= 4 is 5.91 Å². The van der Waals surface area contributed by atoms with E-state index in [0.29, 0.717) is 11.1 Å². The van der Waals surface area contributed by atoms with Crippen molar-refractivity contribution in [2.75, 3.05) is 26.2 Å². The summed E-state index contributed by atoms with van der Waals surface area (Å²) in [4.78, 5) is 22.5. The molecule has 2 aliphatic heterocycles. The number of rotatable bonds is 1. The average Bonchev–Trinajstić information content (AvgIpc) is 3.01. The molecule has 18 heavy (non-hydrogen) atoms. The first-order valence-electron chi connectivity index (χ1n) is 6.47. The number of aryl methyl sites for hydroxylation is 1. The molecule has 5 nitrogen and oxygen atoms in total. The highest BCUT2D eigenvalue weighted by Crippen LogP contribution is 2.36. The molecule has 0 aliphatic carbocycles. The van der Waals surface area contributed by atoms with E-state index in [9.17, 15) is 4.79 Å². The SMILES string of the molecule is Cc1cnc(C(=O)N2CCC3(CCNC3)C2)cn1. The van der Waals surface area contributed by atoms with Gasteiger partial charge in [-0.1, -0.05) is 0 Å². The highest BCUT2D eigenvalue weighted by Gasteiger charge is 2.42. The number of amides is 1. The first-order chi connectivity index (χ1) is 8.69. The number of aromatic nitrogens is 2. The fraction of sp³-hybridized carbons (Fsp3) is 0.615. The molecule has 3 heterocycles. The van der Waals surface area contributed by atoms with Crippen LogP contribution in [0, 0.1) is 12.3 Å². The van der Waals surface area contributed by atoms with Crippen molar-refractivity contribution in [3.63, 3.8) is 0 Å². The van der Waals surface area contributed by atoms with Gasteiger partial charge < -0.3 is 10.2 Å². The Balaban J connectivity index is 1.72. The maximum absolute atomic E-state index is 12.3. The van der Waals surface area contributed by atoms with E-state index in [1.165, 1.54) is 6.42 Å². The zero-order valence-corrected chi connectivity index (χ0v) is 10.6. The van der Waals surface area contributed by atoms with E-state index in [1.807, 2.05) is 11.8 Å². The van der Waals surface area contributed by atoms with Crippen molar-refractivity contribution in [1.29, 1.82) is 0 Å². The number of likely N-dealkylation sites (tertiary alicyclic amines) is 1. The Kier molecular flexibility index (Phi) is 2.78. The standard InChI is InChI=1S/C13H18N4O/c1-10-6-16-11(7-15-10)12(18)17-5-3-13(9-17)2-4-14-8-13/h6-7,14H,2-5,8-9H2,1H3. The fourth-order valence-corrected chi connectivity index (χ4v) is 2.92. The first kappa shape index (κ1) is 11.6. The molecule has 1 aromatic heterocycles. The summed E-state index contributed by atoms with van der Waals surface area (Å²) in [5, 5.41) is 3.40. The molecule has 3 rings (SSSR count). The molecule has 1 unspecified atom stereocenters. The first-order valence-corrected chi connectivity index (χ1v) is 6.47. The molecule has 0 bridgehead atoms. The molecule has 96 valence electrons. The van der Waals surface area contributed by atoms with E-state index in [4.69, 9.17) is 0 Å². The van der Waals surface area contributed by atoms with E-state index in [-0.39, 0.29) is 5.91 Å². The lowest BCUT2D eigenvalue weighted by molar-refractivity contribution is 0.0769. The molecule has 0 aromatic carbocycles. The Labute approximate surface area is 107 Å². The second-order valence-electron chi connectivity index (χ2n) is 5.45. The van der Waals surface area contributed by atoms with Crippen LogP contribution in [0.3, 0.4) is 0 Å². The predicted molar refractivity (Wildman–Crippen MR) is 67.2 cm³/mol. The van der Waals surface area contributed by atoms with Gasteiger partial charge in [0.15, 0.2) is 0 Å². The largest absolute Gasteiger partial charge is 0.337 e. The van der Waals surface area contributed by atoms with Crippen molar-refractivity contribution in [3.05, 3.63) is 23.8 Å². The lowest BCUT2D eigenvalue weighted by Crippen LogP contribution is -2.33. The van der Waals surface area contributed by atoms with Crippen molar-refractivity contribution in [2.45, 2.75) is 19.8 Å². The van der Waals surface area contributed by atoms with Crippen LogP contribution in [0.4, 0.5) is 0 Å². The third kappa shape index (κ3) is 1.99. The maximum atomic E-state index is 12.3. The lowest BCUT2D eigenvalue weighted by Gasteiger charge is -2.22. The molecule has 0 saturated carbocycles. The Morgan fingerprint density at radius 3 is 2.94 bits per heavy atom. The molecular formula is C13H18N4O. The minimum atomic E-state index is 0.0197. The molecule has 5 heteroatoms. The number of carbonyl (C=O) groups excluding carboxylic acids is 1. The van der Waals surface area contributed by atoms with Crippen LogP contribution in [-0.4, -0.2) is 47.0 Å². The molecular weight excluding hydrogens is 228 g/mol. The number of carbonyl (C=O) groups is 1. The second kappa shape index (κ2) is 4.31. The number of nitrogens with zero attached hydrogens (tertiary/aromatic N) is 3. The van der Waals surface area contributed by atoms with Crippen LogP contribution in [0.2, 0.25) is 0 Å². The number of hydrogen-bond donors (Lipinski definition) is 1. The van der Waals surface area contributed by atoms with Crippen molar-refractivity contribution in [1.82, 2.24) is 20.2 Å². The topological polar surface area (TPSA) is 58.1 Å². The fourth-order valence-electron chi connectivity index (χ4n) is 2.92. The van der Waals surface area contributed by atoms with Crippen LogP contribution in [0.15, 0.2) is 12.4 Å². The number of nitrogens with one attached hydrogen (secondary N) is 1. The molecule has 0 radical (unpaired) electrons. The summed E-state index contributed by atoms with van der Waals surface area (Å²) in [5.41, 5.74) is 1.61. The van der Waals surface area contributed by atoms with E-state index < -0.39 is 0 Å². The van der Waals surface area contributed by atoms with E-state index in [2.05, 4.69) is 15.3 Å². The molecule has 1 N–H and O–H groups in total. The van der Waals surface area contributed by atoms with Crippen LogP contribution in [0.5, 0.6) is 0 Å². The van der Waals surface area contributed by atoms with Gasteiger partial charge in [0, 0.05) is 31.2 Å². The summed E-state index contributed by atoms with van der Waals surface area (Å²) in [6.45, 7) is 5.68. The van der Waals surface area contributed by atoms with Gasteiger partial charge in [-0.15, -0.1) is 0 Å². The molecule has 2 saturated heterocycles. The van der Waals surface area contributed by atoms with Gasteiger partial charge in [-0.25, -0.2) is 4.98 Å². The molecule has 2 fully saturated rings. The Hall–Kier alpha value is -1.49. The average molecular weight is 246 g/mol. The smallest absolute Gasteiger partial charge is 0.274 e. The van der Waals surface area contributed by atoms with Gasteiger partial charge in [0.1, 0.15) is 5.69 Å². The quantitative estimate of drug-likeness (QED) is 0.789. The summed E-state index contributed by atoms with van der Waals surface area (Å²) < 4.78 is 0. The highest BCUT2D eigenvalue weighted by molar-refractivity contribution is 5.92. The monoisotopic (exact) mass is 246 g/mol. The van der Waals surface area contributed by atoms with Gasteiger partial charge >= 0.3 is 0 Å². The van der Waals surface area contributed by atoms with Crippen LogP contribution in [-0.2, 0) is 0 Å².